The zero-order valence-electron chi connectivity index (χ0n) is 7.87. The van der Waals surface area contributed by atoms with Crippen LogP contribution in [0.5, 0.6) is 0 Å². The monoisotopic (exact) mass is 258 g/mol. The van der Waals surface area contributed by atoms with Crippen LogP contribution in [-0.2, 0) is 9.59 Å². The summed E-state index contributed by atoms with van der Waals surface area (Å²) in [5.41, 5.74) is 0.380. The summed E-state index contributed by atoms with van der Waals surface area (Å²) in [5.74, 6) is -2.05. The summed E-state index contributed by atoms with van der Waals surface area (Å²) in [4.78, 5) is 21.2. The first kappa shape index (κ1) is 12.5. The maximum absolute atomic E-state index is 11.2. The van der Waals surface area contributed by atoms with Gasteiger partial charge in [-0.2, -0.15) is 0 Å². The van der Waals surface area contributed by atoms with Gasteiger partial charge in [0.1, 0.15) is 0 Å². The summed E-state index contributed by atoms with van der Waals surface area (Å²) < 4.78 is 0. The van der Waals surface area contributed by atoms with Crippen LogP contribution in [0.25, 0.3) is 0 Å². The Kier molecular flexibility index (Phi) is 4.34. The number of amides is 1. The van der Waals surface area contributed by atoms with Crippen molar-refractivity contribution >= 4 is 40.8 Å². The molecule has 0 saturated carbocycles. The van der Waals surface area contributed by atoms with E-state index >= 15 is 0 Å². The first-order chi connectivity index (χ1) is 7.47. The Morgan fingerprint density at radius 2 is 1.69 bits per heavy atom. The van der Waals surface area contributed by atoms with E-state index in [2.05, 4.69) is 5.32 Å². The molecular formula is C10H6Cl2NO3-. The molecule has 1 aromatic rings. The summed E-state index contributed by atoms with van der Waals surface area (Å²) in [6, 6.07) is 4.48. The van der Waals surface area contributed by atoms with Crippen molar-refractivity contribution in [1.29, 1.82) is 0 Å². The van der Waals surface area contributed by atoms with E-state index in [1.807, 2.05) is 0 Å². The molecule has 0 heterocycles. The number of nitrogens with one attached hydrogen (secondary N) is 1. The van der Waals surface area contributed by atoms with E-state index in [4.69, 9.17) is 23.2 Å². The van der Waals surface area contributed by atoms with Crippen molar-refractivity contribution in [3.05, 3.63) is 40.4 Å². The normalized spacial score (nSPS) is 10.4. The molecule has 0 fully saturated rings. The standard InChI is InChI=1S/C10H7Cl2NO3/c11-6-3-7(12)5-8(4-6)13-9(14)1-2-10(15)16/h1-5H,(H,13,14)(H,15,16)/p-1/b2-1-. The predicted molar refractivity (Wildman–Crippen MR) is 59.2 cm³/mol. The fourth-order valence-electron chi connectivity index (χ4n) is 0.954. The van der Waals surface area contributed by atoms with Gasteiger partial charge in [0, 0.05) is 21.8 Å². The van der Waals surface area contributed by atoms with Gasteiger partial charge in [0.15, 0.2) is 0 Å². The summed E-state index contributed by atoms with van der Waals surface area (Å²) >= 11 is 11.4. The SMILES string of the molecule is O=C([O-])/C=C\C(=O)Nc1cc(Cl)cc(Cl)c1. The molecule has 1 rings (SSSR count). The van der Waals surface area contributed by atoms with Crippen LogP contribution in [0.15, 0.2) is 30.4 Å². The van der Waals surface area contributed by atoms with Crippen molar-refractivity contribution in [1.82, 2.24) is 0 Å². The highest BCUT2D eigenvalue weighted by Crippen LogP contribution is 2.22. The minimum atomic E-state index is -1.45. The van der Waals surface area contributed by atoms with Crippen LogP contribution in [0.3, 0.4) is 0 Å². The lowest BCUT2D eigenvalue weighted by molar-refractivity contribution is -0.297. The minimum Gasteiger partial charge on any atom is -0.545 e. The molecule has 0 aliphatic rings. The van der Waals surface area contributed by atoms with Crippen LogP contribution in [0, 0.1) is 0 Å². The lowest BCUT2D eigenvalue weighted by Crippen LogP contribution is -2.20. The predicted octanol–water partition coefficient (Wildman–Crippen LogP) is 1.24. The van der Waals surface area contributed by atoms with E-state index in [1.54, 1.807) is 0 Å². The van der Waals surface area contributed by atoms with E-state index in [0.717, 1.165) is 6.08 Å². The Balaban J connectivity index is 2.73. The van der Waals surface area contributed by atoms with Gasteiger partial charge in [-0.1, -0.05) is 23.2 Å². The number of carboxylic acid groups (broad SMARTS) is 1. The molecule has 0 unspecified atom stereocenters. The van der Waals surface area contributed by atoms with Gasteiger partial charge in [0.2, 0.25) is 5.91 Å². The molecule has 6 heteroatoms. The molecule has 16 heavy (non-hydrogen) atoms. The molecule has 0 spiro atoms. The molecule has 1 aromatic carbocycles. The lowest BCUT2D eigenvalue weighted by Gasteiger charge is -2.03. The molecule has 84 valence electrons. The molecule has 4 nitrogen and oxygen atoms in total. The Bertz CT molecular complexity index is 437. The second-order valence-corrected chi connectivity index (χ2v) is 3.67. The number of aliphatic carboxylic acids is 1. The van der Waals surface area contributed by atoms with E-state index in [1.165, 1.54) is 18.2 Å². The number of carbonyl (C=O) groups is 2. The lowest BCUT2D eigenvalue weighted by atomic mass is 10.3. The van der Waals surface area contributed by atoms with Crippen LogP contribution < -0.4 is 10.4 Å². The average Bonchev–Trinajstić information content (AvgIpc) is 2.12. The number of halogens is 2. The average molecular weight is 259 g/mol. The van der Waals surface area contributed by atoms with Gasteiger partial charge in [-0.25, -0.2) is 0 Å². The number of hydrogen-bond acceptors (Lipinski definition) is 3. The van der Waals surface area contributed by atoms with Crippen molar-refractivity contribution in [3.8, 4) is 0 Å². The number of carbonyl (C=O) groups excluding carboxylic acids is 2. The second kappa shape index (κ2) is 5.53. The molecule has 0 bridgehead atoms. The summed E-state index contributed by atoms with van der Waals surface area (Å²) in [7, 11) is 0. The van der Waals surface area contributed by atoms with Crippen LogP contribution in [0.2, 0.25) is 10.0 Å². The highest BCUT2D eigenvalue weighted by atomic mass is 35.5. The van der Waals surface area contributed by atoms with Crippen molar-refractivity contribution in [2.75, 3.05) is 5.32 Å². The van der Waals surface area contributed by atoms with Gasteiger partial charge >= 0.3 is 0 Å². The third-order valence-corrected chi connectivity index (χ3v) is 1.94. The highest BCUT2D eigenvalue weighted by molar-refractivity contribution is 6.35. The van der Waals surface area contributed by atoms with Crippen LogP contribution in [0.4, 0.5) is 5.69 Å². The Morgan fingerprint density at radius 3 is 2.19 bits per heavy atom. The number of rotatable bonds is 3. The first-order valence-electron chi connectivity index (χ1n) is 4.13. The highest BCUT2D eigenvalue weighted by Gasteiger charge is 2.00. The smallest absolute Gasteiger partial charge is 0.248 e. The van der Waals surface area contributed by atoms with Crippen molar-refractivity contribution in [2.45, 2.75) is 0 Å². The molecule has 0 saturated heterocycles. The number of carboxylic acids is 1. The number of benzene rings is 1. The van der Waals surface area contributed by atoms with Crippen LogP contribution in [0.1, 0.15) is 0 Å². The van der Waals surface area contributed by atoms with Crippen LogP contribution in [-0.4, -0.2) is 11.9 Å². The molecule has 1 amide bonds. The van der Waals surface area contributed by atoms with Gasteiger partial charge in [0.05, 0.1) is 5.97 Å². The maximum atomic E-state index is 11.2. The fourth-order valence-corrected chi connectivity index (χ4v) is 1.48. The minimum absolute atomic E-state index is 0.367. The van der Waals surface area contributed by atoms with Crippen molar-refractivity contribution in [2.24, 2.45) is 0 Å². The second-order valence-electron chi connectivity index (χ2n) is 2.80. The summed E-state index contributed by atoms with van der Waals surface area (Å²) in [6.07, 6.45) is 1.46. The maximum Gasteiger partial charge on any atom is 0.248 e. The third-order valence-electron chi connectivity index (χ3n) is 1.50. The Morgan fingerprint density at radius 1 is 1.12 bits per heavy atom. The van der Waals surface area contributed by atoms with E-state index in [9.17, 15) is 14.7 Å². The summed E-state index contributed by atoms with van der Waals surface area (Å²) in [6.45, 7) is 0. The van der Waals surface area contributed by atoms with E-state index in [-0.39, 0.29) is 0 Å². The zero-order valence-corrected chi connectivity index (χ0v) is 9.38. The van der Waals surface area contributed by atoms with Gasteiger partial charge in [0.25, 0.3) is 0 Å². The molecule has 1 N–H and O–H groups in total. The van der Waals surface area contributed by atoms with Gasteiger partial charge in [-0.3, -0.25) is 4.79 Å². The topological polar surface area (TPSA) is 69.2 Å². The Labute approximate surface area is 101 Å². The fraction of sp³-hybridized carbons (Fsp3) is 0. The van der Waals surface area contributed by atoms with Gasteiger partial charge < -0.3 is 15.2 Å². The third kappa shape index (κ3) is 4.33. The summed E-state index contributed by atoms with van der Waals surface area (Å²) in [5, 5.41) is 13.2. The zero-order chi connectivity index (χ0) is 12.1. The molecule has 0 aromatic heterocycles. The molecule has 0 aliphatic heterocycles. The van der Waals surface area contributed by atoms with E-state index in [0.29, 0.717) is 21.8 Å². The van der Waals surface area contributed by atoms with Crippen molar-refractivity contribution < 1.29 is 14.7 Å². The number of anilines is 1. The number of hydrogen-bond donors (Lipinski definition) is 1. The Hall–Kier alpha value is -1.52. The molecular weight excluding hydrogens is 253 g/mol. The van der Waals surface area contributed by atoms with E-state index < -0.39 is 11.9 Å². The molecule has 0 atom stereocenters. The van der Waals surface area contributed by atoms with Gasteiger partial charge in [-0.05, 0) is 24.3 Å². The quantitative estimate of drug-likeness (QED) is 0.830. The van der Waals surface area contributed by atoms with Gasteiger partial charge in [-0.15, -0.1) is 0 Å². The molecule has 0 aliphatic carbocycles. The van der Waals surface area contributed by atoms with Crippen LogP contribution >= 0.6 is 23.2 Å². The largest absolute Gasteiger partial charge is 0.545 e. The van der Waals surface area contributed by atoms with Crippen molar-refractivity contribution in [3.63, 3.8) is 0 Å². The molecule has 0 radical (unpaired) electrons. The first-order valence-corrected chi connectivity index (χ1v) is 4.89.